The molecule has 224 valence electrons. The van der Waals surface area contributed by atoms with Crippen molar-refractivity contribution in [2.75, 3.05) is 0 Å². The quantitative estimate of drug-likeness (QED) is 0.0881. The lowest BCUT2D eigenvalue weighted by Gasteiger charge is -2.07. The van der Waals surface area contributed by atoms with E-state index in [1.54, 1.807) is 30.3 Å². The molecule has 0 fully saturated rings. The summed E-state index contributed by atoms with van der Waals surface area (Å²) in [5, 5.41) is 16.8. The molecule has 0 spiro atoms. The average Bonchev–Trinajstić information content (AvgIpc) is 3.54. The number of benzene rings is 4. The predicted molar refractivity (Wildman–Crippen MR) is 169 cm³/mol. The fraction of sp³-hybridized carbons (Fsp3) is 0.0556. The minimum Gasteiger partial charge on any atom is -0.295 e. The van der Waals surface area contributed by atoms with Gasteiger partial charge in [-0.25, -0.2) is 9.97 Å². The Morgan fingerprint density at radius 1 is 0.702 bits per heavy atom. The molecular formula is C36H17F3N6O2. The van der Waals surface area contributed by atoms with E-state index in [-0.39, 0.29) is 11.1 Å². The third kappa shape index (κ3) is 4.78. The molecular weight excluding hydrogens is 605 g/mol. The number of ketones is 2. The van der Waals surface area contributed by atoms with Gasteiger partial charge in [0.1, 0.15) is 16.4 Å². The van der Waals surface area contributed by atoms with Crippen LogP contribution in [0.2, 0.25) is 0 Å². The summed E-state index contributed by atoms with van der Waals surface area (Å²) in [6, 6.07) is 23.2. The molecule has 8 nitrogen and oxygen atoms in total. The molecule has 0 atom stereocenters. The number of carbonyl (C=O) groups is 2. The van der Waals surface area contributed by atoms with Crippen molar-refractivity contribution >= 4 is 55.2 Å². The second-order valence-corrected chi connectivity index (χ2v) is 10.8. The van der Waals surface area contributed by atoms with Crippen molar-refractivity contribution < 1.29 is 22.8 Å². The monoisotopic (exact) mass is 622 g/mol. The third-order valence-electron chi connectivity index (χ3n) is 8.08. The van der Waals surface area contributed by atoms with Crippen molar-refractivity contribution in [3.63, 3.8) is 0 Å². The van der Waals surface area contributed by atoms with Gasteiger partial charge >= 0.3 is 6.18 Å². The van der Waals surface area contributed by atoms with E-state index in [0.29, 0.717) is 65.7 Å². The molecule has 0 radical (unpaired) electrons. The number of Topliss-reactive ketones (excluding diaryl/α,β-unsaturated/α-hetero) is 2. The van der Waals surface area contributed by atoms with Gasteiger partial charge in [0.05, 0.1) is 16.1 Å². The molecule has 0 N–H and O–H groups in total. The summed E-state index contributed by atoms with van der Waals surface area (Å²) in [6.45, 7) is 8.99. The van der Waals surface area contributed by atoms with Gasteiger partial charge in [-0.05, 0) is 41.3 Å². The number of halogens is 3. The number of nitrogens with zero attached hydrogens (tertiary/aromatic N) is 6. The summed E-state index contributed by atoms with van der Waals surface area (Å²) in [5.74, 6) is -1.96. The number of carbonyl (C=O) groups excluding carboxylic acids is 2. The standard InChI is InChI=1S/C36H17F3N6O2/c1-18(46)19-3-5-20(6-4-19)24-12-14-26-28(16-24)32(45-41-2)34-31(26)43-33-29(42-17-40)27-15-23(11-13-25(27)30(33)44-34)21-7-9-22(10-8-21)35(47)36(37,38)39/h3-16H,1H3/b42-29?,45-32+. The van der Waals surface area contributed by atoms with Gasteiger partial charge in [-0.3, -0.25) is 9.59 Å². The van der Waals surface area contributed by atoms with E-state index in [4.69, 9.17) is 16.5 Å². The number of hydrogen-bond acceptors (Lipinski definition) is 7. The topological polar surface area (TPSA) is 113 Å². The third-order valence-corrected chi connectivity index (χ3v) is 8.08. The second-order valence-electron chi connectivity index (χ2n) is 10.8. The van der Waals surface area contributed by atoms with Gasteiger partial charge in [0.2, 0.25) is 6.19 Å². The van der Waals surface area contributed by atoms with Gasteiger partial charge in [0, 0.05) is 32.7 Å². The first-order chi connectivity index (χ1) is 22.6. The van der Waals surface area contributed by atoms with Gasteiger partial charge in [-0.15, -0.1) is 4.95 Å². The van der Waals surface area contributed by atoms with E-state index in [1.807, 2.05) is 36.5 Å². The molecule has 47 heavy (non-hydrogen) atoms. The Hall–Kier alpha value is -6.59. The highest BCUT2D eigenvalue weighted by atomic mass is 19.4. The zero-order valence-corrected chi connectivity index (χ0v) is 24.2. The molecule has 11 heteroatoms. The van der Waals surface area contributed by atoms with Gasteiger partial charge in [-0.1, -0.05) is 72.8 Å². The van der Waals surface area contributed by atoms with E-state index < -0.39 is 17.5 Å². The maximum absolute atomic E-state index is 12.9. The fourth-order valence-electron chi connectivity index (χ4n) is 5.84. The SMILES string of the molecule is [C-]#[N+]/N=c1\c2cc(-c3ccc(C(C)=O)cc3)ccc2c2nc3c(=NC#N)c4cc(-c5ccc(C(=O)C(F)(F)F)cc5)ccc4c3nc12. The average molecular weight is 623 g/mol. The lowest BCUT2D eigenvalue weighted by atomic mass is 10.0. The van der Waals surface area contributed by atoms with Crippen molar-refractivity contribution in [1.29, 1.82) is 5.26 Å². The van der Waals surface area contributed by atoms with Crippen LogP contribution in [-0.2, 0) is 0 Å². The number of rotatable bonds is 4. The van der Waals surface area contributed by atoms with Crippen LogP contribution in [0.3, 0.4) is 0 Å². The van der Waals surface area contributed by atoms with Crippen LogP contribution in [-0.4, -0.2) is 27.7 Å². The zero-order valence-electron chi connectivity index (χ0n) is 24.2. The first-order valence-electron chi connectivity index (χ1n) is 14.1. The predicted octanol–water partition coefficient (Wildman–Crippen LogP) is 7.36. The maximum atomic E-state index is 12.9. The Morgan fingerprint density at radius 2 is 1.17 bits per heavy atom. The lowest BCUT2D eigenvalue weighted by molar-refractivity contribution is -0.0885. The number of aromatic nitrogens is 2. The molecule has 0 aliphatic carbocycles. The highest BCUT2D eigenvalue weighted by Crippen LogP contribution is 2.33. The Morgan fingerprint density at radius 3 is 1.64 bits per heavy atom. The van der Waals surface area contributed by atoms with Crippen LogP contribution < -0.4 is 10.7 Å². The number of alkyl halides is 3. The Labute approximate surface area is 262 Å². The summed E-state index contributed by atoms with van der Waals surface area (Å²) >= 11 is 0. The van der Waals surface area contributed by atoms with Crippen LogP contribution in [0, 0.1) is 18.0 Å². The molecule has 0 saturated heterocycles. The molecule has 0 aliphatic heterocycles. The molecule has 1 heterocycles. The molecule has 0 amide bonds. The minimum atomic E-state index is -4.98. The van der Waals surface area contributed by atoms with E-state index in [9.17, 15) is 28.0 Å². The highest BCUT2D eigenvalue weighted by molar-refractivity contribution is 6.15. The van der Waals surface area contributed by atoms with Crippen LogP contribution in [0.1, 0.15) is 27.6 Å². The smallest absolute Gasteiger partial charge is 0.295 e. The van der Waals surface area contributed by atoms with E-state index >= 15 is 0 Å². The van der Waals surface area contributed by atoms with Crippen molar-refractivity contribution in [3.8, 4) is 28.4 Å². The number of hydrogen-bond donors (Lipinski definition) is 0. The summed E-state index contributed by atoms with van der Waals surface area (Å²) in [5.41, 5.74) is 4.68. The van der Waals surface area contributed by atoms with Gasteiger partial charge < -0.3 is 0 Å². The van der Waals surface area contributed by atoms with Crippen molar-refractivity contribution in [2.45, 2.75) is 13.1 Å². The minimum absolute atomic E-state index is 0.0362. The maximum Gasteiger partial charge on any atom is 0.454 e. The second kappa shape index (κ2) is 10.8. The highest BCUT2D eigenvalue weighted by Gasteiger charge is 2.39. The summed E-state index contributed by atoms with van der Waals surface area (Å²) in [6.07, 6.45) is -3.15. The molecule has 6 aromatic carbocycles. The Bertz CT molecular complexity index is 2670. The van der Waals surface area contributed by atoms with Crippen molar-refractivity contribution in [3.05, 3.63) is 118 Å². The molecule has 0 bridgehead atoms. The lowest BCUT2D eigenvalue weighted by Crippen LogP contribution is -2.22. The van der Waals surface area contributed by atoms with Crippen molar-refractivity contribution in [2.24, 2.45) is 10.1 Å². The normalized spacial score (nSPS) is 12.6. The van der Waals surface area contributed by atoms with Crippen LogP contribution in [0.4, 0.5) is 13.2 Å². The zero-order chi connectivity index (χ0) is 33.0. The number of fused-ring (bicyclic) bond motifs is 6. The fourth-order valence-corrected chi connectivity index (χ4v) is 5.84. The van der Waals surface area contributed by atoms with Crippen LogP contribution in [0.25, 0.3) is 70.8 Å². The van der Waals surface area contributed by atoms with Gasteiger partial charge in [0.15, 0.2) is 11.1 Å². The van der Waals surface area contributed by atoms with Gasteiger partial charge in [-0.2, -0.15) is 30.0 Å². The molecule has 7 rings (SSSR count). The Balaban J connectivity index is 1.42. The van der Waals surface area contributed by atoms with E-state index in [1.165, 1.54) is 19.1 Å². The van der Waals surface area contributed by atoms with Crippen LogP contribution >= 0.6 is 0 Å². The summed E-state index contributed by atoms with van der Waals surface area (Å²) in [7, 11) is 0. The first-order valence-corrected chi connectivity index (χ1v) is 14.1. The first kappa shape index (κ1) is 29.1. The molecule has 0 aliphatic rings. The molecule has 0 unspecified atom stereocenters. The van der Waals surface area contributed by atoms with Crippen LogP contribution in [0.5, 0.6) is 0 Å². The molecule has 1 aromatic heterocycles. The van der Waals surface area contributed by atoms with Gasteiger partial charge in [0.25, 0.3) is 5.78 Å². The molecule has 7 aromatic rings. The number of nitriles is 1. The Kier molecular flexibility index (Phi) is 6.69. The summed E-state index contributed by atoms with van der Waals surface area (Å²) < 4.78 is 38.6. The van der Waals surface area contributed by atoms with E-state index in [2.05, 4.69) is 15.0 Å². The van der Waals surface area contributed by atoms with Crippen LogP contribution in [0.15, 0.2) is 95.0 Å². The largest absolute Gasteiger partial charge is 0.454 e. The van der Waals surface area contributed by atoms with Crippen molar-refractivity contribution in [1.82, 2.24) is 9.97 Å². The molecule has 0 saturated carbocycles. The van der Waals surface area contributed by atoms with E-state index in [0.717, 1.165) is 23.3 Å². The summed E-state index contributed by atoms with van der Waals surface area (Å²) in [4.78, 5) is 40.5.